The molecule has 0 fully saturated rings. The molecule has 0 saturated carbocycles. The van der Waals surface area contributed by atoms with Crippen LogP contribution in [-0.4, -0.2) is 19.4 Å². The first kappa shape index (κ1) is 17.8. The van der Waals surface area contributed by atoms with Gasteiger partial charge in [-0.15, -0.1) is 4.73 Å². The number of hydrogen-bond donors (Lipinski definition) is 0. The molecule has 0 unspecified atom stereocenters. The molecule has 0 aliphatic heterocycles. The molecule has 0 atom stereocenters. The third-order valence-electron chi connectivity index (χ3n) is 2.84. The molecule has 1 heterocycles. The lowest BCUT2D eigenvalue weighted by molar-refractivity contribution is 0.266. The maximum atomic E-state index is 12.2. The smallest absolute Gasteiger partial charge is 0.284 e. The molecule has 2 rings (SSSR count). The van der Waals surface area contributed by atoms with Crippen molar-refractivity contribution < 1.29 is 12.7 Å². The summed E-state index contributed by atoms with van der Waals surface area (Å²) in [5.41, 5.74) is 1.22. The molecule has 8 heteroatoms. The van der Waals surface area contributed by atoms with Gasteiger partial charge in [-0.1, -0.05) is 29.8 Å². The van der Waals surface area contributed by atoms with Crippen LogP contribution in [0.5, 0.6) is 0 Å². The van der Waals surface area contributed by atoms with E-state index < -0.39 is 15.7 Å². The van der Waals surface area contributed by atoms with E-state index in [0.29, 0.717) is 16.3 Å². The summed E-state index contributed by atoms with van der Waals surface area (Å²) in [7, 11) is -3.85. The summed E-state index contributed by atoms with van der Waals surface area (Å²) in [6.07, 6.45) is 4.19. The van der Waals surface area contributed by atoms with Gasteiger partial charge in [-0.25, -0.2) is 0 Å². The number of hydrogen-bond acceptors (Lipinski definition) is 4. The predicted molar refractivity (Wildman–Crippen MR) is 94.9 cm³/mol. The van der Waals surface area contributed by atoms with E-state index in [4.69, 9.17) is 15.9 Å². The lowest BCUT2D eigenvalue weighted by atomic mass is 10.2. The van der Waals surface area contributed by atoms with Gasteiger partial charge >= 0.3 is 10.1 Å². The summed E-state index contributed by atoms with van der Waals surface area (Å²) >= 11 is 8.95. The number of nitrogens with zero attached hydrogens (tertiary/aromatic N) is 1. The van der Waals surface area contributed by atoms with Crippen molar-refractivity contribution >= 4 is 49.8 Å². The lowest BCUT2D eigenvalue weighted by Crippen LogP contribution is -2.32. The van der Waals surface area contributed by atoms with E-state index in [0.717, 1.165) is 16.5 Å². The van der Waals surface area contributed by atoms with Crippen molar-refractivity contribution in [3.05, 3.63) is 67.0 Å². The zero-order valence-corrected chi connectivity index (χ0v) is 15.4. The Morgan fingerprint density at radius 2 is 1.83 bits per heavy atom. The third-order valence-corrected chi connectivity index (χ3v) is 4.48. The van der Waals surface area contributed by atoms with Gasteiger partial charge in [-0.3, -0.25) is 9.08 Å². The average molecular weight is 419 g/mol. The van der Waals surface area contributed by atoms with Gasteiger partial charge < -0.3 is 0 Å². The van der Waals surface area contributed by atoms with E-state index in [1.807, 2.05) is 0 Å². The van der Waals surface area contributed by atoms with E-state index in [1.165, 1.54) is 0 Å². The number of pyridine rings is 1. The maximum Gasteiger partial charge on any atom is 0.324 e. The van der Waals surface area contributed by atoms with Crippen molar-refractivity contribution in [1.82, 2.24) is 4.73 Å². The first-order chi connectivity index (χ1) is 10.7. The minimum Gasteiger partial charge on any atom is -0.284 e. The second kappa shape index (κ2) is 6.90. The molecule has 122 valence electrons. The van der Waals surface area contributed by atoms with Crippen LogP contribution in [0, 0.1) is 6.92 Å². The Bertz CT molecular complexity index is 918. The van der Waals surface area contributed by atoms with Gasteiger partial charge in [-0.05, 0) is 58.3 Å². The molecular weight excluding hydrogens is 406 g/mol. The molecule has 0 saturated heterocycles. The van der Waals surface area contributed by atoms with Crippen LogP contribution in [0.2, 0.25) is 5.02 Å². The van der Waals surface area contributed by atoms with Gasteiger partial charge in [0, 0.05) is 5.02 Å². The van der Waals surface area contributed by atoms with Gasteiger partial charge in [-0.2, -0.15) is 8.42 Å². The highest BCUT2D eigenvalue weighted by molar-refractivity contribution is 9.10. The van der Waals surface area contributed by atoms with E-state index in [2.05, 4.69) is 15.9 Å². The van der Waals surface area contributed by atoms with E-state index >= 15 is 0 Å². The van der Waals surface area contributed by atoms with Crippen LogP contribution in [0.15, 0.2) is 39.6 Å². The largest absolute Gasteiger partial charge is 0.324 e. The van der Waals surface area contributed by atoms with Gasteiger partial charge in [0.15, 0.2) is 0 Å². The highest BCUT2D eigenvalue weighted by atomic mass is 79.9. The minimum atomic E-state index is -3.85. The van der Waals surface area contributed by atoms with E-state index in [1.54, 1.807) is 49.4 Å². The fraction of sp³-hybridized carbons (Fsp3) is 0.133. The monoisotopic (exact) mass is 417 g/mol. The first-order valence-electron chi connectivity index (χ1n) is 6.43. The normalized spacial score (nSPS) is 11.8. The van der Waals surface area contributed by atoms with Crippen LogP contribution in [0.25, 0.3) is 12.2 Å². The fourth-order valence-corrected chi connectivity index (χ4v) is 2.63. The molecule has 0 N–H and O–H groups in total. The summed E-state index contributed by atoms with van der Waals surface area (Å²) in [6, 6.07) is 8.69. The Labute approximate surface area is 147 Å². The summed E-state index contributed by atoms with van der Waals surface area (Å²) in [5, 5.41) is 0.610. The standard InChI is InChI=1S/C15H13BrClNO4S/c1-10-9-13(8-5-11-3-6-12(17)7-4-11)18(15(19)14(10)16)22-23(2,20)21/h3-9H,1-2H3. The Morgan fingerprint density at radius 3 is 2.39 bits per heavy atom. The Balaban J connectivity index is 2.52. The SMILES string of the molecule is Cc1cc(C=Cc2ccc(Cl)cc2)n(OS(C)(=O)=O)c(=O)c1Br. The molecule has 0 radical (unpaired) electrons. The van der Waals surface area contributed by atoms with Gasteiger partial charge in [0.2, 0.25) is 0 Å². The molecular formula is C15H13BrClNO4S. The number of benzene rings is 1. The molecule has 1 aromatic carbocycles. The maximum absolute atomic E-state index is 12.2. The van der Waals surface area contributed by atoms with Crippen molar-refractivity contribution in [2.24, 2.45) is 0 Å². The predicted octanol–water partition coefficient (Wildman–Crippen LogP) is 3.13. The molecule has 2 aromatic rings. The number of rotatable bonds is 4. The lowest BCUT2D eigenvalue weighted by Gasteiger charge is -2.11. The highest BCUT2D eigenvalue weighted by Crippen LogP contribution is 2.16. The van der Waals surface area contributed by atoms with E-state index in [9.17, 15) is 13.2 Å². The van der Waals surface area contributed by atoms with Crippen molar-refractivity contribution in [1.29, 1.82) is 0 Å². The summed E-state index contributed by atoms with van der Waals surface area (Å²) < 4.78 is 28.5. The molecule has 0 aliphatic carbocycles. The number of halogens is 2. The van der Waals surface area contributed by atoms with Crippen molar-refractivity contribution in [3.8, 4) is 0 Å². The molecule has 0 amide bonds. The Hall–Kier alpha value is -1.57. The van der Waals surface area contributed by atoms with Gasteiger partial charge in [0.05, 0.1) is 16.4 Å². The van der Waals surface area contributed by atoms with Crippen LogP contribution < -0.4 is 9.84 Å². The zero-order valence-electron chi connectivity index (χ0n) is 12.3. The van der Waals surface area contributed by atoms with E-state index in [-0.39, 0.29) is 4.47 Å². The van der Waals surface area contributed by atoms with Crippen LogP contribution in [-0.2, 0) is 10.1 Å². The Kier molecular flexibility index (Phi) is 5.33. The second-order valence-electron chi connectivity index (χ2n) is 4.83. The Morgan fingerprint density at radius 1 is 1.22 bits per heavy atom. The number of aromatic nitrogens is 1. The summed E-state index contributed by atoms with van der Waals surface area (Å²) in [5.74, 6) is 0. The number of aryl methyl sites for hydroxylation is 1. The fourth-order valence-electron chi connectivity index (χ4n) is 1.80. The van der Waals surface area contributed by atoms with Crippen LogP contribution in [0.3, 0.4) is 0 Å². The second-order valence-corrected chi connectivity index (χ2v) is 7.62. The summed E-state index contributed by atoms with van der Waals surface area (Å²) in [6.45, 7) is 1.73. The molecule has 1 aromatic heterocycles. The zero-order chi connectivity index (χ0) is 17.2. The van der Waals surface area contributed by atoms with Crippen molar-refractivity contribution in [3.63, 3.8) is 0 Å². The molecule has 0 aliphatic rings. The van der Waals surface area contributed by atoms with Crippen molar-refractivity contribution in [2.75, 3.05) is 6.26 Å². The topological polar surface area (TPSA) is 65.4 Å². The quantitative estimate of drug-likeness (QED) is 0.765. The van der Waals surface area contributed by atoms with Crippen LogP contribution >= 0.6 is 27.5 Å². The molecule has 23 heavy (non-hydrogen) atoms. The summed E-state index contributed by atoms with van der Waals surface area (Å²) in [4.78, 5) is 12.2. The molecule has 0 spiro atoms. The van der Waals surface area contributed by atoms with Crippen LogP contribution in [0.1, 0.15) is 16.8 Å². The minimum absolute atomic E-state index is 0.241. The average Bonchev–Trinajstić information content (AvgIpc) is 2.47. The van der Waals surface area contributed by atoms with Gasteiger partial charge in [0.1, 0.15) is 0 Å². The molecule has 0 bridgehead atoms. The third kappa shape index (κ3) is 4.70. The highest BCUT2D eigenvalue weighted by Gasteiger charge is 2.14. The molecule has 5 nitrogen and oxygen atoms in total. The first-order valence-corrected chi connectivity index (χ1v) is 9.42. The van der Waals surface area contributed by atoms with Gasteiger partial charge in [0.25, 0.3) is 5.56 Å². The van der Waals surface area contributed by atoms with Crippen molar-refractivity contribution in [2.45, 2.75) is 6.92 Å². The van der Waals surface area contributed by atoms with Crippen LogP contribution in [0.4, 0.5) is 0 Å².